The first-order valence-electron chi connectivity index (χ1n) is 8.23. The van der Waals surface area contributed by atoms with Gasteiger partial charge in [-0.3, -0.25) is 4.90 Å². The van der Waals surface area contributed by atoms with Crippen LogP contribution >= 0.6 is 15.9 Å². The Bertz CT molecular complexity index is 673. The molecule has 0 aromatic heterocycles. The van der Waals surface area contributed by atoms with Crippen LogP contribution in [-0.2, 0) is 12.1 Å². The minimum atomic E-state index is -0.682. The van der Waals surface area contributed by atoms with Gasteiger partial charge in [0.1, 0.15) is 0 Å². The maximum atomic E-state index is 11.0. The summed E-state index contributed by atoms with van der Waals surface area (Å²) in [5, 5.41) is 11.0. The van der Waals surface area contributed by atoms with Crippen molar-refractivity contribution in [2.24, 2.45) is 0 Å². The molecule has 122 valence electrons. The fourth-order valence-electron chi connectivity index (χ4n) is 3.34. The number of aryl methyl sites for hydroxylation is 2. The van der Waals surface area contributed by atoms with Gasteiger partial charge in [0, 0.05) is 24.1 Å². The molecule has 1 heterocycles. The third-order valence-electron chi connectivity index (χ3n) is 4.96. The predicted molar refractivity (Wildman–Crippen MR) is 98.5 cm³/mol. The molecular formula is C20H24BrNO. The average Bonchev–Trinajstić information content (AvgIpc) is 2.54. The highest BCUT2D eigenvalue weighted by Gasteiger charge is 2.33. The van der Waals surface area contributed by atoms with E-state index < -0.39 is 5.60 Å². The van der Waals surface area contributed by atoms with Gasteiger partial charge in [-0.15, -0.1) is 0 Å². The summed E-state index contributed by atoms with van der Waals surface area (Å²) in [6.07, 6.45) is 1.58. The number of hydrogen-bond acceptors (Lipinski definition) is 2. The Morgan fingerprint density at radius 3 is 2.35 bits per heavy atom. The van der Waals surface area contributed by atoms with Crippen LogP contribution in [-0.4, -0.2) is 23.1 Å². The van der Waals surface area contributed by atoms with Gasteiger partial charge in [0.2, 0.25) is 0 Å². The molecule has 0 atom stereocenters. The Balaban J connectivity index is 1.66. The van der Waals surface area contributed by atoms with Gasteiger partial charge in [-0.2, -0.15) is 0 Å². The summed E-state index contributed by atoms with van der Waals surface area (Å²) >= 11 is 3.46. The Hall–Kier alpha value is -1.16. The second kappa shape index (κ2) is 6.76. The van der Waals surface area contributed by atoms with Crippen molar-refractivity contribution in [2.75, 3.05) is 13.1 Å². The van der Waals surface area contributed by atoms with Gasteiger partial charge >= 0.3 is 0 Å². The maximum absolute atomic E-state index is 11.0. The summed E-state index contributed by atoms with van der Waals surface area (Å²) in [7, 11) is 0. The molecule has 0 bridgehead atoms. The van der Waals surface area contributed by atoms with Crippen LogP contribution in [0.5, 0.6) is 0 Å². The zero-order valence-electron chi connectivity index (χ0n) is 13.8. The Labute approximate surface area is 147 Å². The second-order valence-corrected chi connectivity index (χ2v) is 7.66. The fourth-order valence-corrected chi connectivity index (χ4v) is 3.61. The number of halogens is 1. The van der Waals surface area contributed by atoms with E-state index in [1.165, 1.54) is 16.7 Å². The number of benzene rings is 2. The zero-order valence-corrected chi connectivity index (χ0v) is 15.4. The highest BCUT2D eigenvalue weighted by Crippen LogP contribution is 2.34. The van der Waals surface area contributed by atoms with Crippen molar-refractivity contribution in [2.45, 2.75) is 38.8 Å². The summed E-state index contributed by atoms with van der Waals surface area (Å²) in [5.74, 6) is 0. The number of hydrogen-bond donors (Lipinski definition) is 1. The molecule has 0 radical (unpaired) electrons. The van der Waals surface area contributed by atoms with Crippen molar-refractivity contribution in [1.29, 1.82) is 0 Å². The highest BCUT2D eigenvalue weighted by atomic mass is 79.9. The maximum Gasteiger partial charge on any atom is 0.0920 e. The molecule has 2 nitrogen and oxygen atoms in total. The van der Waals surface area contributed by atoms with Crippen molar-refractivity contribution < 1.29 is 5.11 Å². The minimum Gasteiger partial charge on any atom is -0.385 e. The molecule has 1 aliphatic heterocycles. The van der Waals surface area contributed by atoms with E-state index in [1.807, 2.05) is 24.3 Å². The van der Waals surface area contributed by atoms with Crippen LogP contribution < -0.4 is 0 Å². The number of rotatable bonds is 3. The van der Waals surface area contributed by atoms with Crippen molar-refractivity contribution in [1.82, 2.24) is 4.90 Å². The van der Waals surface area contributed by atoms with Crippen LogP contribution in [0.25, 0.3) is 0 Å². The normalized spacial score (nSPS) is 18.1. The number of nitrogens with zero attached hydrogens (tertiary/aromatic N) is 1. The van der Waals surface area contributed by atoms with Gasteiger partial charge in [-0.05, 0) is 55.5 Å². The van der Waals surface area contributed by atoms with Crippen LogP contribution in [0.15, 0.2) is 46.9 Å². The third kappa shape index (κ3) is 3.85. The largest absolute Gasteiger partial charge is 0.385 e. The molecule has 1 aliphatic rings. The first-order valence-corrected chi connectivity index (χ1v) is 9.02. The van der Waals surface area contributed by atoms with Gasteiger partial charge < -0.3 is 5.11 Å². The minimum absolute atomic E-state index is 0.682. The number of likely N-dealkylation sites (tertiary alicyclic amines) is 1. The lowest BCUT2D eigenvalue weighted by Crippen LogP contribution is -2.42. The van der Waals surface area contributed by atoms with E-state index in [-0.39, 0.29) is 0 Å². The molecule has 2 aromatic rings. The summed E-state index contributed by atoms with van der Waals surface area (Å²) in [6, 6.07) is 14.7. The summed E-state index contributed by atoms with van der Waals surface area (Å²) < 4.78 is 1.05. The molecule has 0 amide bonds. The second-order valence-electron chi connectivity index (χ2n) is 6.74. The van der Waals surface area contributed by atoms with Crippen molar-refractivity contribution >= 4 is 15.9 Å². The average molecular weight is 374 g/mol. The summed E-state index contributed by atoms with van der Waals surface area (Å²) in [6.45, 7) is 7.16. The molecule has 3 heteroatoms. The van der Waals surface area contributed by atoms with Crippen molar-refractivity contribution in [3.63, 3.8) is 0 Å². The first-order chi connectivity index (χ1) is 11.0. The summed E-state index contributed by atoms with van der Waals surface area (Å²) in [4.78, 5) is 2.45. The highest BCUT2D eigenvalue weighted by molar-refractivity contribution is 9.10. The Morgan fingerprint density at radius 1 is 1.04 bits per heavy atom. The molecule has 0 saturated carbocycles. The monoisotopic (exact) mass is 373 g/mol. The summed E-state index contributed by atoms with van der Waals surface area (Å²) in [5.41, 5.74) is 4.42. The molecule has 2 aromatic carbocycles. The van der Waals surface area contributed by atoms with E-state index in [1.54, 1.807) is 0 Å². The van der Waals surface area contributed by atoms with E-state index in [0.717, 1.165) is 42.5 Å². The van der Waals surface area contributed by atoms with E-state index in [9.17, 15) is 5.11 Å². The smallest absolute Gasteiger partial charge is 0.0920 e. The zero-order chi connectivity index (χ0) is 16.4. The first kappa shape index (κ1) is 16.7. The quantitative estimate of drug-likeness (QED) is 0.852. The van der Waals surface area contributed by atoms with Crippen LogP contribution in [0.1, 0.15) is 35.1 Å². The molecule has 23 heavy (non-hydrogen) atoms. The predicted octanol–water partition coefficient (Wildman–Crippen LogP) is 4.55. The standard InChI is InChI=1S/C20H24BrNO/c1-15-3-4-16(2)17(13-15)14-22-11-9-20(23,10-12-22)18-5-7-19(21)8-6-18/h3-8,13,23H,9-12,14H2,1-2H3. The fraction of sp³-hybridized carbons (Fsp3) is 0.400. The van der Waals surface area contributed by atoms with E-state index >= 15 is 0 Å². The lowest BCUT2D eigenvalue weighted by Gasteiger charge is -2.38. The van der Waals surface area contributed by atoms with Crippen molar-refractivity contribution in [3.8, 4) is 0 Å². The number of piperidine rings is 1. The van der Waals surface area contributed by atoms with Crippen LogP contribution in [0.3, 0.4) is 0 Å². The molecule has 1 fully saturated rings. The van der Waals surface area contributed by atoms with Crippen LogP contribution in [0.4, 0.5) is 0 Å². The molecule has 1 saturated heterocycles. The topological polar surface area (TPSA) is 23.5 Å². The lowest BCUT2D eigenvalue weighted by atomic mass is 9.84. The van der Waals surface area contributed by atoms with Gasteiger partial charge in [0.25, 0.3) is 0 Å². The molecule has 1 N–H and O–H groups in total. The molecule has 3 rings (SSSR count). The lowest BCUT2D eigenvalue weighted by molar-refractivity contribution is -0.0277. The number of aliphatic hydroxyl groups is 1. The third-order valence-corrected chi connectivity index (χ3v) is 5.49. The molecule has 0 unspecified atom stereocenters. The van der Waals surface area contributed by atoms with Crippen LogP contribution in [0, 0.1) is 13.8 Å². The van der Waals surface area contributed by atoms with E-state index in [4.69, 9.17) is 0 Å². The van der Waals surface area contributed by atoms with Gasteiger partial charge in [-0.1, -0.05) is 51.8 Å². The van der Waals surface area contributed by atoms with Crippen molar-refractivity contribution in [3.05, 3.63) is 69.2 Å². The molecule has 0 spiro atoms. The van der Waals surface area contributed by atoms with Gasteiger partial charge in [0.15, 0.2) is 0 Å². The van der Waals surface area contributed by atoms with E-state index in [2.05, 4.69) is 52.9 Å². The van der Waals surface area contributed by atoms with Gasteiger partial charge in [0.05, 0.1) is 5.60 Å². The van der Waals surface area contributed by atoms with Crippen LogP contribution in [0.2, 0.25) is 0 Å². The van der Waals surface area contributed by atoms with E-state index in [0.29, 0.717) is 0 Å². The molecular weight excluding hydrogens is 350 g/mol. The Kier molecular flexibility index (Phi) is 4.90. The van der Waals surface area contributed by atoms with Gasteiger partial charge in [-0.25, -0.2) is 0 Å². The molecule has 0 aliphatic carbocycles. The SMILES string of the molecule is Cc1ccc(C)c(CN2CCC(O)(c3ccc(Br)cc3)CC2)c1. The Morgan fingerprint density at radius 2 is 1.70 bits per heavy atom.